The van der Waals surface area contributed by atoms with E-state index < -0.39 is 18.9 Å². The number of amides is 1. The first-order chi connectivity index (χ1) is 8.52. The van der Waals surface area contributed by atoms with Gasteiger partial charge in [0, 0.05) is 12.4 Å². The molecule has 100 valence electrons. The molecule has 0 fully saturated rings. The number of halogens is 3. The zero-order chi connectivity index (χ0) is 13.5. The Kier molecular flexibility index (Phi) is 5.85. The first-order valence-corrected chi connectivity index (χ1v) is 5.96. The van der Waals surface area contributed by atoms with Gasteiger partial charge in [-0.2, -0.15) is 0 Å². The Morgan fingerprint density at radius 1 is 1.44 bits per heavy atom. The third-order valence-electron chi connectivity index (χ3n) is 2.33. The number of carbonyl (C=O) groups excluding carboxylic acids is 1. The van der Waals surface area contributed by atoms with Crippen molar-refractivity contribution < 1.29 is 18.7 Å². The summed E-state index contributed by atoms with van der Waals surface area (Å²) in [6.45, 7) is -0.534. The molecule has 0 spiro atoms. The summed E-state index contributed by atoms with van der Waals surface area (Å²) in [5, 5.41) is 9.25. The van der Waals surface area contributed by atoms with Crippen LogP contribution in [0.4, 0.5) is 8.78 Å². The first-order valence-electron chi connectivity index (χ1n) is 5.42. The number of alkyl halides is 3. The maximum Gasteiger partial charge on any atom is 0.255 e. The minimum absolute atomic E-state index is 0.0298. The molecule has 0 radical (unpaired) electrons. The average Bonchev–Trinajstić information content (AvgIpc) is 2.27. The van der Waals surface area contributed by atoms with Crippen molar-refractivity contribution in [2.75, 3.05) is 19.0 Å². The van der Waals surface area contributed by atoms with Crippen molar-refractivity contribution in [1.29, 1.82) is 0 Å². The summed E-state index contributed by atoms with van der Waals surface area (Å²) in [5.74, 6) is -0.280. The van der Waals surface area contributed by atoms with Crippen LogP contribution in [0.1, 0.15) is 5.56 Å². The fraction of sp³-hybridized carbons (Fsp3) is 0.417. The van der Waals surface area contributed by atoms with Crippen LogP contribution >= 0.6 is 11.6 Å². The summed E-state index contributed by atoms with van der Waals surface area (Å²) in [6, 6.07) is 6.15. The Labute approximate surface area is 109 Å². The fourth-order valence-electron chi connectivity index (χ4n) is 1.54. The maximum absolute atomic E-state index is 12.3. The van der Waals surface area contributed by atoms with E-state index >= 15 is 0 Å². The van der Waals surface area contributed by atoms with Gasteiger partial charge in [0.05, 0.1) is 13.0 Å². The van der Waals surface area contributed by atoms with Crippen molar-refractivity contribution in [1.82, 2.24) is 4.90 Å². The van der Waals surface area contributed by atoms with Crippen molar-refractivity contribution in [2.45, 2.75) is 12.8 Å². The molecule has 0 aromatic heterocycles. The normalized spacial score (nSPS) is 10.7. The topological polar surface area (TPSA) is 40.5 Å². The number of carbonyl (C=O) groups is 1. The highest BCUT2D eigenvalue weighted by atomic mass is 35.5. The van der Waals surface area contributed by atoms with Crippen molar-refractivity contribution in [2.24, 2.45) is 0 Å². The molecule has 0 heterocycles. The molecule has 1 aromatic rings. The maximum atomic E-state index is 12.3. The van der Waals surface area contributed by atoms with Gasteiger partial charge in [0.25, 0.3) is 6.43 Å². The third kappa shape index (κ3) is 4.87. The van der Waals surface area contributed by atoms with E-state index in [2.05, 4.69) is 0 Å². The predicted molar refractivity (Wildman–Crippen MR) is 65.1 cm³/mol. The number of phenols is 1. The molecule has 0 aliphatic heterocycles. The zero-order valence-corrected chi connectivity index (χ0v) is 10.4. The van der Waals surface area contributed by atoms with E-state index in [1.54, 1.807) is 12.1 Å². The Bertz CT molecular complexity index is 401. The molecule has 1 amide bonds. The lowest BCUT2D eigenvalue weighted by molar-refractivity contribution is -0.132. The van der Waals surface area contributed by atoms with Crippen LogP contribution in [0.2, 0.25) is 0 Å². The standard InChI is InChI=1S/C12H14ClF2NO2/c13-4-5-16(8-11(14)15)12(18)7-9-2-1-3-10(17)6-9/h1-3,6,11,17H,4-5,7-8H2. The molecule has 0 atom stereocenters. The Morgan fingerprint density at radius 2 is 2.17 bits per heavy atom. The van der Waals surface area contributed by atoms with Crippen molar-refractivity contribution >= 4 is 17.5 Å². The molecule has 1 N–H and O–H groups in total. The molecule has 0 saturated carbocycles. The van der Waals surface area contributed by atoms with E-state index in [1.807, 2.05) is 0 Å². The molecule has 0 unspecified atom stereocenters. The summed E-state index contributed by atoms with van der Waals surface area (Å²) in [5.41, 5.74) is 0.578. The summed E-state index contributed by atoms with van der Waals surface area (Å²) >= 11 is 5.47. The van der Waals surface area contributed by atoms with Gasteiger partial charge in [-0.25, -0.2) is 8.78 Å². The highest BCUT2D eigenvalue weighted by Gasteiger charge is 2.17. The quantitative estimate of drug-likeness (QED) is 0.811. The van der Waals surface area contributed by atoms with E-state index in [0.29, 0.717) is 5.56 Å². The fourth-order valence-corrected chi connectivity index (χ4v) is 1.74. The van der Waals surface area contributed by atoms with Gasteiger partial charge >= 0.3 is 0 Å². The van der Waals surface area contributed by atoms with Gasteiger partial charge in [-0.15, -0.1) is 11.6 Å². The number of benzene rings is 1. The van der Waals surface area contributed by atoms with Gasteiger partial charge in [-0.1, -0.05) is 12.1 Å². The molecule has 1 rings (SSSR count). The lowest BCUT2D eigenvalue weighted by Gasteiger charge is -2.21. The highest BCUT2D eigenvalue weighted by molar-refractivity contribution is 6.18. The number of aromatic hydroxyl groups is 1. The van der Waals surface area contributed by atoms with E-state index in [4.69, 9.17) is 11.6 Å². The molecule has 6 heteroatoms. The first kappa shape index (κ1) is 14.7. The van der Waals surface area contributed by atoms with Crippen molar-refractivity contribution in [3.63, 3.8) is 0 Å². The average molecular weight is 278 g/mol. The number of phenolic OH excluding ortho intramolecular Hbond substituents is 1. The van der Waals surface area contributed by atoms with Crippen molar-refractivity contribution in [3.05, 3.63) is 29.8 Å². The Hall–Kier alpha value is -1.36. The zero-order valence-electron chi connectivity index (χ0n) is 9.65. The minimum atomic E-state index is -2.58. The molecular formula is C12H14ClF2NO2. The van der Waals surface area contributed by atoms with E-state index in [-0.39, 0.29) is 24.6 Å². The van der Waals surface area contributed by atoms with Gasteiger partial charge in [0.15, 0.2) is 0 Å². The number of hydrogen-bond acceptors (Lipinski definition) is 2. The van der Waals surface area contributed by atoms with Gasteiger partial charge in [-0.05, 0) is 17.7 Å². The van der Waals surface area contributed by atoms with Crippen LogP contribution in [0.25, 0.3) is 0 Å². The van der Waals surface area contributed by atoms with Crippen LogP contribution in [0.5, 0.6) is 5.75 Å². The van der Waals surface area contributed by atoms with Crippen LogP contribution in [-0.2, 0) is 11.2 Å². The van der Waals surface area contributed by atoms with Crippen molar-refractivity contribution in [3.8, 4) is 5.75 Å². The highest BCUT2D eigenvalue weighted by Crippen LogP contribution is 2.12. The van der Waals surface area contributed by atoms with E-state index in [0.717, 1.165) is 4.90 Å². The van der Waals surface area contributed by atoms with Crippen LogP contribution in [0.3, 0.4) is 0 Å². The minimum Gasteiger partial charge on any atom is -0.508 e. The SMILES string of the molecule is O=C(Cc1cccc(O)c1)N(CCCl)CC(F)F. The van der Waals surface area contributed by atoms with E-state index in [9.17, 15) is 18.7 Å². The number of nitrogens with zero attached hydrogens (tertiary/aromatic N) is 1. The summed E-state index contributed by atoms with van der Waals surface area (Å²) in [6.07, 6.45) is -2.61. The smallest absolute Gasteiger partial charge is 0.255 e. The molecular weight excluding hydrogens is 264 g/mol. The lowest BCUT2D eigenvalue weighted by atomic mass is 10.1. The molecule has 0 aliphatic rings. The van der Waals surface area contributed by atoms with Crippen LogP contribution < -0.4 is 0 Å². The predicted octanol–water partition coefficient (Wildman–Crippen LogP) is 2.27. The second kappa shape index (κ2) is 7.16. The molecule has 18 heavy (non-hydrogen) atoms. The third-order valence-corrected chi connectivity index (χ3v) is 2.50. The van der Waals surface area contributed by atoms with E-state index in [1.165, 1.54) is 12.1 Å². The molecule has 3 nitrogen and oxygen atoms in total. The monoisotopic (exact) mass is 277 g/mol. The molecule has 0 bridgehead atoms. The molecule has 0 saturated heterocycles. The van der Waals surface area contributed by atoms with Gasteiger partial charge in [0.1, 0.15) is 5.75 Å². The van der Waals surface area contributed by atoms with Crippen LogP contribution in [0, 0.1) is 0 Å². The number of hydrogen-bond donors (Lipinski definition) is 1. The lowest BCUT2D eigenvalue weighted by Crippen LogP contribution is -2.37. The Morgan fingerprint density at radius 3 is 2.72 bits per heavy atom. The second-order valence-electron chi connectivity index (χ2n) is 3.77. The second-order valence-corrected chi connectivity index (χ2v) is 4.14. The Balaban J connectivity index is 2.66. The van der Waals surface area contributed by atoms with Crippen LogP contribution in [0.15, 0.2) is 24.3 Å². The largest absolute Gasteiger partial charge is 0.508 e. The number of rotatable bonds is 6. The summed E-state index contributed by atoms with van der Waals surface area (Å²) < 4.78 is 24.6. The summed E-state index contributed by atoms with van der Waals surface area (Å²) in [4.78, 5) is 12.8. The molecule has 0 aliphatic carbocycles. The van der Waals surface area contributed by atoms with Gasteiger partial charge in [-0.3, -0.25) is 4.79 Å². The van der Waals surface area contributed by atoms with Gasteiger partial charge < -0.3 is 10.0 Å². The molecule has 1 aromatic carbocycles. The summed E-state index contributed by atoms with van der Waals surface area (Å²) in [7, 11) is 0. The van der Waals surface area contributed by atoms with Gasteiger partial charge in [0.2, 0.25) is 5.91 Å². The van der Waals surface area contributed by atoms with Crippen LogP contribution in [-0.4, -0.2) is 41.3 Å².